The van der Waals surface area contributed by atoms with Gasteiger partial charge in [0.05, 0.1) is 5.56 Å². The van der Waals surface area contributed by atoms with Gasteiger partial charge in [-0.05, 0) is 30.2 Å². The van der Waals surface area contributed by atoms with Crippen LogP contribution in [0.2, 0.25) is 0 Å². The van der Waals surface area contributed by atoms with Crippen LogP contribution in [0.25, 0.3) is 5.65 Å². The smallest absolute Gasteiger partial charge is 0.251 e. The number of alkyl halides is 3. The SMILES string of the molecule is Cc1ccc2nc(SCc3cccc(C(F)(F)F)c3)nc(=O)n2c1. The van der Waals surface area contributed by atoms with Crippen LogP contribution in [0, 0.1) is 6.92 Å². The van der Waals surface area contributed by atoms with E-state index in [1.54, 1.807) is 18.3 Å². The Balaban J connectivity index is 1.84. The fourth-order valence-electron chi connectivity index (χ4n) is 2.15. The Bertz CT molecular complexity index is 953. The summed E-state index contributed by atoms with van der Waals surface area (Å²) >= 11 is 1.12. The van der Waals surface area contributed by atoms with E-state index < -0.39 is 17.4 Å². The number of thioether (sulfide) groups is 1. The zero-order chi connectivity index (χ0) is 17.3. The molecular weight excluding hydrogens is 339 g/mol. The predicted octanol–water partition coefficient (Wildman–Crippen LogP) is 3.71. The highest BCUT2D eigenvalue weighted by molar-refractivity contribution is 7.98. The Morgan fingerprint density at radius 3 is 2.71 bits per heavy atom. The maximum absolute atomic E-state index is 12.7. The van der Waals surface area contributed by atoms with Crippen LogP contribution in [0.4, 0.5) is 13.2 Å². The molecule has 0 radical (unpaired) electrons. The largest absolute Gasteiger partial charge is 0.416 e. The Hall–Kier alpha value is -2.35. The van der Waals surface area contributed by atoms with Crippen molar-refractivity contribution in [1.82, 2.24) is 14.4 Å². The van der Waals surface area contributed by atoms with Gasteiger partial charge in [-0.3, -0.25) is 4.40 Å². The van der Waals surface area contributed by atoms with Crippen LogP contribution in [0.5, 0.6) is 0 Å². The first kappa shape index (κ1) is 16.5. The van der Waals surface area contributed by atoms with E-state index >= 15 is 0 Å². The van der Waals surface area contributed by atoms with Gasteiger partial charge in [0, 0.05) is 11.9 Å². The van der Waals surface area contributed by atoms with Gasteiger partial charge < -0.3 is 0 Å². The number of aromatic nitrogens is 3. The molecule has 0 fully saturated rings. The summed E-state index contributed by atoms with van der Waals surface area (Å²) in [5.74, 6) is 0.241. The van der Waals surface area contributed by atoms with E-state index in [0.717, 1.165) is 29.5 Å². The molecule has 0 bridgehead atoms. The number of aryl methyl sites for hydroxylation is 1. The van der Waals surface area contributed by atoms with Crippen LogP contribution in [0.3, 0.4) is 0 Å². The highest BCUT2D eigenvalue weighted by atomic mass is 32.2. The maximum atomic E-state index is 12.7. The van der Waals surface area contributed by atoms with Crippen LogP contribution in [-0.2, 0) is 11.9 Å². The fraction of sp³-hybridized carbons (Fsp3) is 0.188. The minimum Gasteiger partial charge on any atom is -0.251 e. The van der Waals surface area contributed by atoms with Gasteiger partial charge in [-0.2, -0.15) is 18.2 Å². The molecule has 8 heteroatoms. The first-order valence-electron chi connectivity index (χ1n) is 6.99. The van der Waals surface area contributed by atoms with Gasteiger partial charge in [0.15, 0.2) is 5.16 Å². The van der Waals surface area contributed by atoms with E-state index in [9.17, 15) is 18.0 Å². The van der Waals surface area contributed by atoms with Crippen LogP contribution >= 0.6 is 11.8 Å². The van der Waals surface area contributed by atoms with Crippen LogP contribution in [0.15, 0.2) is 52.5 Å². The van der Waals surface area contributed by atoms with E-state index in [4.69, 9.17) is 0 Å². The van der Waals surface area contributed by atoms with E-state index in [2.05, 4.69) is 9.97 Å². The first-order valence-corrected chi connectivity index (χ1v) is 7.97. The molecule has 0 unspecified atom stereocenters. The lowest BCUT2D eigenvalue weighted by molar-refractivity contribution is -0.137. The molecule has 0 aliphatic rings. The van der Waals surface area contributed by atoms with E-state index in [1.165, 1.54) is 10.5 Å². The standard InChI is InChI=1S/C16H12F3N3OS/c1-10-5-6-13-20-14(21-15(23)22(13)8-10)24-9-11-3-2-4-12(7-11)16(17,18)19/h2-8H,9H2,1H3. The second-order valence-corrected chi connectivity index (χ2v) is 6.15. The highest BCUT2D eigenvalue weighted by Gasteiger charge is 2.30. The first-order chi connectivity index (χ1) is 11.3. The minimum atomic E-state index is -4.38. The average Bonchev–Trinajstić information content (AvgIpc) is 2.53. The third-order valence-corrected chi connectivity index (χ3v) is 4.22. The molecule has 3 rings (SSSR count). The molecule has 2 aromatic heterocycles. The number of pyridine rings is 1. The van der Waals surface area contributed by atoms with Crippen molar-refractivity contribution < 1.29 is 13.2 Å². The quantitative estimate of drug-likeness (QED) is 0.675. The topological polar surface area (TPSA) is 47.3 Å². The molecule has 0 N–H and O–H groups in total. The van der Waals surface area contributed by atoms with Crippen LogP contribution in [0.1, 0.15) is 16.7 Å². The minimum absolute atomic E-state index is 0.237. The molecule has 3 aromatic rings. The molecule has 0 saturated carbocycles. The van der Waals surface area contributed by atoms with Gasteiger partial charge in [-0.15, -0.1) is 0 Å². The summed E-state index contributed by atoms with van der Waals surface area (Å²) in [7, 11) is 0. The Kier molecular flexibility index (Phi) is 4.31. The van der Waals surface area contributed by atoms with Crippen molar-refractivity contribution in [3.05, 3.63) is 69.8 Å². The van der Waals surface area contributed by atoms with Gasteiger partial charge in [0.1, 0.15) is 5.65 Å². The van der Waals surface area contributed by atoms with Crippen LogP contribution < -0.4 is 5.69 Å². The zero-order valence-corrected chi connectivity index (χ0v) is 13.4. The predicted molar refractivity (Wildman–Crippen MR) is 85.0 cm³/mol. The third kappa shape index (κ3) is 3.59. The number of hydrogen-bond acceptors (Lipinski definition) is 4. The van der Waals surface area contributed by atoms with Gasteiger partial charge >= 0.3 is 11.9 Å². The van der Waals surface area contributed by atoms with Gasteiger partial charge in [-0.25, -0.2) is 9.78 Å². The lowest BCUT2D eigenvalue weighted by Gasteiger charge is -2.08. The zero-order valence-electron chi connectivity index (χ0n) is 12.5. The summed E-state index contributed by atoms with van der Waals surface area (Å²) in [5.41, 5.74) is 0.679. The fourth-order valence-corrected chi connectivity index (χ4v) is 2.93. The molecule has 1 aromatic carbocycles. The van der Waals surface area contributed by atoms with Crippen molar-refractivity contribution in [3.8, 4) is 0 Å². The summed E-state index contributed by atoms with van der Waals surface area (Å²) in [5, 5.41) is 0.237. The molecule has 4 nitrogen and oxygen atoms in total. The number of hydrogen-bond donors (Lipinski definition) is 0. The summed E-state index contributed by atoms with van der Waals surface area (Å²) < 4.78 is 39.5. The van der Waals surface area contributed by atoms with Crippen molar-refractivity contribution in [2.24, 2.45) is 0 Å². The average molecular weight is 351 g/mol. The second kappa shape index (κ2) is 6.27. The molecule has 24 heavy (non-hydrogen) atoms. The maximum Gasteiger partial charge on any atom is 0.416 e. The third-order valence-electron chi connectivity index (χ3n) is 3.30. The molecule has 0 aliphatic heterocycles. The number of fused-ring (bicyclic) bond motifs is 1. The second-order valence-electron chi connectivity index (χ2n) is 5.21. The Morgan fingerprint density at radius 2 is 1.96 bits per heavy atom. The highest BCUT2D eigenvalue weighted by Crippen LogP contribution is 2.30. The van der Waals surface area contributed by atoms with Crippen molar-refractivity contribution in [2.45, 2.75) is 24.0 Å². The Labute approximate surface area is 139 Å². The monoisotopic (exact) mass is 351 g/mol. The molecule has 124 valence electrons. The van der Waals surface area contributed by atoms with E-state index in [0.29, 0.717) is 11.2 Å². The van der Waals surface area contributed by atoms with Gasteiger partial charge in [0.2, 0.25) is 0 Å². The molecular formula is C16H12F3N3OS. The molecule has 0 aliphatic carbocycles. The molecule has 0 amide bonds. The summed E-state index contributed by atoms with van der Waals surface area (Å²) in [6, 6.07) is 8.59. The summed E-state index contributed by atoms with van der Waals surface area (Å²) in [6.45, 7) is 1.85. The van der Waals surface area contributed by atoms with Gasteiger partial charge in [-0.1, -0.05) is 36.0 Å². The number of benzene rings is 1. The summed E-state index contributed by atoms with van der Waals surface area (Å²) in [4.78, 5) is 20.1. The Morgan fingerprint density at radius 1 is 1.17 bits per heavy atom. The van der Waals surface area contributed by atoms with Crippen molar-refractivity contribution in [1.29, 1.82) is 0 Å². The lowest BCUT2D eigenvalue weighted by atomic mass is 10.1. The molecule has 0 spiro atoms. The van der Waals surface area contributed by atoms with Crippen molar-refractivity contribution in [3.63, 3.8) is 0 Å². The van der Waals surface area contributed by atoms with Crippen LogP contribution in [-0.4, -0.2) is 14.4 Å². The number of nitrogens with zero attached hydrogens (tertiary/aromatic N) is 3. The van der Waals surface area contributed by atoms with E-state index in [1.807, 2.05) is 13.0 Å². The summed E-state index contributed by atoms with van der Waals surface area (Å²) in [6.07, 6.45) is -2.74. The molecule has 2 heterocycles. The van der Waals surface area contributed by atoms with E-state index in [-0.39, 0.29) is 10.9 Å². The van der Waals surface area contributed by atoms with Crippen molar-refractivity contribution >= 4 is 17.4 Å². The van der Waals surface area contributed by atoms with Gasteiger partial charge in [0.25, 0.3) is 0 Å². The molecule has 0 atom stereocenters. The number of rotatable bonds is 3. The lowest BCUT2D eigenvalue weighted by Crippen LogP contribution is -2.19. The number of halogens is 3. The normalized spacial score (nSPS) is 11.8. The van der Waals surface area contributed by atoms with Crippen molar-refractivity contribution in [2.75, 3.05) is 0 Å². The molecule has 0 saturated heterocycles.